The average Bonchev–Trinajstić information content (AvgIpc) is 2.90. The maximum atomic E-state index is 11.0. The van der Waals surface area contributed by atoms with Crippen molar-refractivity contribution in [1.82, 2.24) is 19.5 Å². The van der Waals surface area contributed by atoms with Gasteiger partial charge in [0.1, 0.15) is 5.69 Å². The molecule has 1 fully saturated rings. The van der Waals surface area contributed by atoms with Crippen molar-refractivity contribution in [2.75, 3.05) is 19.6 Å². The number of nitrogens with zero attached hydrogens (tertiary/aromatic N) is 4. The first-order valence-electron chi connectivity index (χ1n) is 7.32. The molecule has 2 aromatic heterocycles. The summed E-state index contributed by atoms with van der Waals surface area (Å²) in [5, 5.41) is 4.48. The molecule has 3 rings (SSSR count). The zero-order valence-corrected chi connectivity index (χ0v) is 11.8. The summed E-state index contributed by atoms with van der Waals surface area (Å²) in [6.45, 7) is 5.70. The topological polar surface area (TPSA) is 50.5 Å². The lowest BCUT2D eigenvalue weighted by atomic mass is 9.93. The highest BCUT2D eigenvalue weighted by Gasteiger charge is 2.20. The molecular formula is C15H20N4O. The van der Waals surface area contributed by atoms with E-state index in [0.29, 0.717) is 11.6 Å². The molecule has 5 nitrogen and oxygen atoms in total. The highest BCUT2D eigenvalue weighted by Crippen LogP contribution is 2.20. The van der Waals surface area contributed by atoms with Crippen molar-refractivity contribution in [2.24, 2.45) is 5.92 Å². The number of aromatic nitrogens is 3. The van der Waals surface area contributed by atoms with Gasteiger partial charge in [0.05, 0.1) is 0 Å². The Morgan fingerprint density at radius 2 is 2.15 bits per heavy atom. The van der Waals surface area contributed by atoms with Gasteiger partial charge in [-0.05, 0) is 50.5 Å². The number of likely N-dealkylation sites (tertiary alicyclic amines) is 1. The van der Waals surface area contributed by atoms with Gasteiger partial charge in [-0.2, -0.15) is 5.10 Å². The van der Waals surface area contributed by atoms with E-state index in [-0.39, 0.29) is 0 Å². The molecule has 1 aliphatic rings. The Hall–Kier alpha value is -1.75. The van der Waals surface area contributed by atoms with Gasteiger partial charge in [-0.25, -0.2) is 9.50 Å². The number of pyridine rings is 1. The normalized spacial score (nSPS) is 17.6. The van der Waals surface area contributed by atoms with Crippen LogP contribution in [0.4, 0.5) is 0 Å². The SMILES string of the molecule is CCN1CCC(Cc2nc3cccc(C=O)n3n2)CC1. The van der Waals surface area contributed by atoms with Gasteiger partial charge >= 0.3 is 0 Å². The third kappa shape index (κ3) is 2.58. The lowest BCUT2D eigenvalue weighted by Gasteiger charge is -2.30. The molecule has 1 saturated heterocycles. The second-order valence-electron chi connectivity index (χ2n) is 5.45. The lowest BCUT2D eigenvalue weighted by Crippen LogP contribution is -2.34. The van der Waals surface area contributed by atoms with E-state index in [0.717, 1.165) is 30.7 Å². The van der Waals surface area contributed by atoms with E-state index in [2.05, 4.69) is 21.9 Å². The molecule has 0 aromatic carbocycles. The van der Waals surface area contributed by atoms with Gasteiger partial charge in [0.2, 0.25) is 0 Å². The van der Waals surface area contributed by atoms with Gasteiger partial charge in [-0.15, -0.1) is 0 Å². The first-order valence-corrected chi connectivity index (χ1v) is 7.32. The van der Waals surface area contributed by atoms with E-state index in [1.807, 2.05) is 12.1 Å². The van der Waals surface area contributed by atoms with Crippen LogP contribution in [0, 0.1) is 5.92 Å². The van der Waals surface area contributed by atoms with Crippen molar-refractivity contribution in [3.63, 3.8) is 0 Å². The fourth-order valence-corrected chi connectivity index (χ4v) is 2.91. The van der Waals surface area contributed by atoms with Crippen LogP contribution in [0.5, 0.6) is 0 Å². The summed E-state index contributed by atoms with van der Waals surface area (Å²) in [5.74, 6) is 1.52. The van der Waals surface area contributed by atoms with E-state index < -0.39 is 0 Å². The van der Waals surface area contributed by atoms with Crippen molar-refractivity contribution < 1.29 is 4.79 Å². The summed E-state index contributed by atoms with van der Waals surface area (Å²) in [6, 6.07) is 5.50. The minimum Gasteiger partial charge on any atom is -0.304 e. The molecule has 0 saturated carbocycles. The minimum absolute atomic E-state index is 0.557. The maximum absolute atomic E-state index is 11.0. The average molecular weight is 272 g/mol. The van der Waals surface area contributed by atoms with E-state index in [9.17, 15) is 4.79 Å². The molecular weight excluding hydrogens is 252 g/mol. The summed E-state index contributed by atoms with van der Waals surface area (Å²) in [6.07, 6.45) is 4.16. The Labute approximate surface area is 118 Å². The molecule has 1 aliphatic heterocycles. The monoisotopic (exact) mass is 272 g/mol. The number of piperidine rings is 1. The van der Waals surface area contributed by atoms with E-state index >= 15 is 0 Å². The molecule has 20 heavy (non-hydrogen) atoms. The maximum Gasteiger partial charge on any atom is 0.168 e. The zero-order chi connectivity index (χ0) is 13.9. The van der Waals surface area contributed by atoms with Gasteiger partial charge in [-0.1, -0.05) is 13.0 Å². The van der Waals surface area contributed by atoms with Crippen LogP contribution < -0.4 is 0 Å². The van der Waals surface area contributed by atoms with Gasteiger partial charge in [0.15, 0.2) is 17.8 Å². The molecule has 0 atom stereocenters. The molecule has 106 valence electrons. The van der Waals surface area contributed by atoms with Crippen LogP contribution in [-0.4, -0.2) is 45.4 Å². The number of hydrogen-bond donors (Lipinski definition) is 0. The van der Waals surface area contributed by atoms with Crippen LogP contribution in [0.3, 0.4) is 0 Å². The molecule has 5 heteroatoms. The highest BCUT2D eigenvalue weighted by atomic mass is 16.1. The van der Waals surface area contributed by atoms with Crippen molar-refractivity contribution in [3.8, 4) is 0 Å². The molecule has 0 aliphatic carbocycles. The molecule has 0 N–H and O–H groups in total. The number of carbonyl (C=O) groups is 1. The fraction of sp³-hybridized carbons (Fsp3) is 0.533. The molecule has 0 radical (unpaired) electrons. The molecule has 0 spiro atoms. The number of rotatable bonds is 4. The van der Waals surface area contributed by atoms with Crippen molar-refractivity contribution in [3.05, 3.63) is 29.7 Å². The van der Waals surface area contributed by atoms with Gasteiger partial charge in [0.25, 0.3) is 0 Å². The van der Waals surface area contributed by atoms with Crippen molar-refractivity contribution in [2.45, 2.75) is 26.2 Å². The zero-order valence-electron chi connectivity index (χ0n) is 11.8. The quantitative estimate of drug-likeness (QED) is 0.797. The third-order valence-electron chi connectivity index (χ3n) is 4.18. The largest absolute Gasteiger partial charge is 0.304 e. The third-order valence-corrected chi connectivity index (χ3v) is 4.18. The Bertz CT molecular complexity index is 599. The summed E-state index contributed by atoms with van der Waals surface area (Å²) < 4.78 is 1.64. The smallest absolute Gasteiger partial charge is 0.168 e. The molecule has 3 heterocycles. The molecule has 2 aromatic rings. The fourth-order valence-electron chi connectivity index (χ4n) is 2.91. The van der Waals surface area contributed by atoms with E-state index in [1.54, 1.807) is 10.6 Å². The minimum atomic E-state index is 0.557. The number of aldehydes is 1. The van der Waals surface area contributed by atoms with Gasteiger partial charge in [-0.3, -0.25) is 4.79 Å². The number of hydrogen-bond acceptors (Lipinski definition) is 4. The summed E-state index contributed by atoms with van der Waals surface area (Å²) in [5.41, 5.74) is 1.32. The Morgan fingerprint density at radius 3 is 2.85 bits per heavy atom. The highest BCUT2D eigenvalue weighted by molar-refractivity contribution is 5.73. The van der Waals surface area contributed by atoms with Crippen molar-refractivity contribution in [1.29, 1.82) is 0 Å². The first-order chi connectivity index (χ1) is 9.80. The predicted octanol–water partition coefficient (Wildman–Crippen LogP) is 1.82. The summed E-state index contributed by atoms with van der Waals surface area (Å²) in [7, 11) is 0. The van der Waals surface area contributed by atoms with E-state index in [4.69, 9.17) is 0 Å². The predicted molar refractivity (Wildman–Crippen MR) is 76.9 cm³/mol. The van der Waals surface area contributed by atoms with Crippen LogP contribution in [0.2, 0.25) is 0 Å². The summed E-state index contributed by atoms with van der Waals surface area (Å²) >= 11 is 0. The Kier molecular flexibility index (Phi) is 3.78. The van der Waals surface area contributed by atoms with Gasteiger partial charge in [0, 0.05) is 6.42 Å². The van der Waals surface area contributed by atoms with Crippen LogP contribution in [0.1, 0.15) is 36.1 Å². The van der Waals surface area contributed by atoms with Gasteiger partial charge < -0.3 is 4.90 Å². The van der Waals surface area contributed by atoms with Crippen LogP contribution in [-0.2, 0) is 6.42 Å². The molecule has 0 amide bonds. The summed E-state index contributed by atoms with van der Waals surface area (Å²) in [4.78, 5) is 18.0. The van der Waals surface area contributed by atoms with Crippen LogP contribution in [0.15, 0.2) is 18.2 Å². The Balaban J connectivity index is 1.73. The second kappa shape index (κ2) is 5.71. The van der Waals surface area contributed by atoms with Crippen molar-refractivity contribution >= 4 is 11.9 Å². The Morgan fingerprint density at radius 1 is 1.35 bits per heavy atom. The number of carbonyl (C=O) groups excluding carboxylic acids is 1. The molecule has 0 bridgehead atoms. The second-order valence-corrected chi connectivity index (χ2v) is 5.45. The standard InChI is InChI=1S/C15H20N4O/c1-2-18-8-6-12(7-9-18)10-14-16-15-5-3-4-13(11-20)19(15)17-14/h3-5,11-12H,2,6-10H2,1H3. The first kappa shape index (κ1) is 13.2. The lowest BCUT2D eigenvalue weighted by molar-refractivity contribution is 0.111. The van der Waals surface area contributed by atoms with Crippen LogP contribution >= 0.6 is 0 Å². The van der Waals surface area contributed by atoms with Crippen LogP contribution in [0.25, 0.3) is 5.65 Å². The molecule has 0 unspecified atom stereocenters. The van der Waals surface area contributed by atoms with E-state index in [1.165, 1.54) is 25.9 Å². The number of fused-ring (bicyclic) bond motifs is 1.